The molecule has 2 heterocycles. The molecule has 2 N–H and O–H groups in total. The molecule has 0 atom stereocenters. The number of nitrogen functional groups attached to an aromatic ring is 1. The Kier molecular flexibility index (Phi) is 4.25. The lowest BCUT2D eigenvalue weighted by Gasteiger charge is -2.14. The molecular weight excluding hydrogens is 230 g/mol. The summed E-state index contributed by atoms with van der Waals surface area (Å²) in [6.45, 7) is 6.21. The fourth-order valence-electron chi connectivity index (χ4n) is 2.31. The average Bonchev–Trinajstić information content (AvgIpc) is 2.98. The largest absolute Gasteiger partial charge is 0.460 e. The van der Waals surface area contributed by atoms with Crippen LogP contribution in [0.1, 0.15) is 30.3 Å². The number of aryl methyl sites for hydroxylation is 1. The SMILES string of the molecule is CCn1cc(N)cc1C(=O)OCCN1CCCC1. The van der Waals surface area contributed by atoms with Crippen LogP contribution in [0.3, 0.4) is 0 Å². The highest BCUT2D eigenvalue weighted by Gasteiger charge is 2.15. The smallest absolute Gasteiger partial charge is 0.355 e. The van der Waals surface area contributed by atoms with Gasteiger partial charge in [0.1, 0.15) is 12.3 Å². The normalized spacial score (nSPS) is 16.1. The van der Waals surface area contributed by atoms with E-state index in [9.17, 15) is 4.79 Å². The van der Waals surface area contributed by atoms with Crippen LogP contribution in [0.2, 0.25) is 0 Å². The lowest BCUT2D eigenvalue weighted by atomic mass is 10.4. The van der Waals surface area contributed by atoms with Gasteiger partial charge < -0.3 is 15.0 Å². The number of nitrogens with zero attached hydrogens (tertiary/aromatic N) is 2. The van der Waals surface area contributed by atoms with E-state index in [1.165, 1.54) is 12.8 Å². The molecule has 0 bridgehead atoms. The molecule has 0 radical (unpaired) electrons. The highest BCUT2D eigenvalue weighted by atomic mass is 16.5. The van der Waals surface area contributed by atoms with Crippen LogP contribution in [0.25, 0.3) is 0 Å². The molecule has 100 valence electrons. The van der Waals surface area contributed by atoms with Crippen LogP contribution < -0.4 is 5.73 Å². The number of aromatic nitrogens is 1. The predicted molar refractivity (Wildman–Crippen MR) is 70.5 cm³/mol. The molecular formula is C13H21N3O2. The molecule has 0 amide bonds. The average molecular weight is 251 g/mol. The van der Waals surface area contributed by atoms with E-state index in [0.29, 0.717) is 24.5 Å². The Balaban J connectivity index is 1.83. The Labute approximate surface area is 108 Å². The van der Waals surface area contributed by atoms with Gasteiger partial charge in [0.15, 0.2) is 0 Å². The van der Waals surface area contributed by atoms with E-state index >= 15 is 0 Å². The first-order valence-corrected chi connectivity index (χ1v) is 6.56. The van der Waals surface area contributed by atoms with Crippen molar-refractivity contribution in [3.63, 3.8) is 0 Å². The topological polar surface area (TPSA) is 60.5 Å². The Morgan fingerprint density at radius 1 is 1.44 bits per heavy atom. The summed E-state index contributed by atoms with van der Waals surface area (Å²) < 4.78 is 7.10. The van der Waals surface area contributed by atoms with E-state index in [-0.39, 0.29) is 5.97 Å². The molecule has 0 spiro atoms. The van der Waals surface area contributed by atoms with Gasteiger partial charge in [-0.05, 0) is 38.9 Å². The number of carbonyl (C=O) groups is 1. The quantitative estimate of drug-likeness (QED) is 0.802. The minimum absolute atomic E-state index is 0.284. The first-order valence-electron chi connectivity index (χ1n) is 6.56. The molecule has 0 aliphatic carbocycles. The third-order valence-electron chi connectivity index (χ3n) is 3.31. The van der Waals surface area contributed by atoms with Gasteiger partial charge in [0.25, 0.3) is 0 Å². The van der Waals surface area contributed by atoms with Crippen molar-refractivity contribution in [2.24, 2.45) is 0 Å². The van der Waals surface area contributed by atoms with Crippen LogP contribution in [-0.2, 0) is 11.3 Å². The van der Waals surface area contributed by atoms with Crippen molar-refractivity contribution in [3.8, 4) is 0 Å². The Morgan fingerprint density at radius 2 is 2.17 bits per heavy atom. The second-order valence-electron chi connectivity index (χ2n) is 4.63. The number of esters is 1. The van der Waals surface area contributed by atoms with Crippen LogP contribution in [0.4, 0.5) is 5.69 Å². The molecule has 0 aromatic carbocycles. The van der Waals surface area contributed by atoms with Crippen molar-refractivity contribution in [3.05, 3.63) is 18.0 Å². The summed E-state index contributed by atoms with van der Waals surface area (Å²) in [4.78, 5) is 14.2. The molecule has 1 aromatic heterocycles. The van der Waals surface area contributed by atoms with Crippen LogP contribution in [0, 0.1) is 0 Å². The summed E-state index contributed by atoms with van der Waals surface area (Å²) >= 11 is 0. The summed E-state index contributed by atoms with van der Waals surface area (Å²) in [6.07, 6.45) is 4.27. The Hall–Kier alpha value is -1.49. The van der Waals surface area contributed by atoms with Crippen LogP contribution in [0.5, 0.6) is 0 Å². The van der Waals surface area contributed by atoms with Crippen LogP contribution in [-0.4, -0.2) is 41.7 Å². The van der Waals surface area contributed by atoms with E-state index in [1.807, 2.05) is 11.5 Å². The Morgan fingerprint density at radius 3 is 2.83 bits per heavy atom. The highest BCUT2D eigenvalue weighted by molar-refractivity contribution is 5.89. The van der Waals surface area contributed by atoms with Crippen LogP contribution >= 0.6 is 0 Å². The zero-order valence-corrected chi connectivity index (χ0v) is 10.9. The third kappa shape index (κ3) is 3.04. The predicted octanol–water partition coefficient (Wildman–Crippen LogP) is 1.34. The second-order valence-corrected chi connectivity index (χ2v) is 4.63. The van der Waals surface area contributed by atoms with Gasteiger partial charge >= 0.3 is 5.97 Å². The summed E-state index contributed by atoms with van der Waals surface area (Å²) in [5.41, 5.74) is 6.82. The number of nitrogens with two attached hydrogens (primary N) is 1. The van der Waals surface area contributed by atoms with Gasteiger partial charge in [-0.25, -0.2) is 4.79 Å². The molecule has 5 nitrogen and oxygen atoms in total. The molecule has 1 aliphatic rings. The maximum atomic E-state index is 11.9. The number of likely N-dealkylation sites (tertiary alicyclic amines) is 1. The van der Waals surface area contributed by atoms with Gasteiger partial charge in [0, 0.05) is 19.3 Å². The molecule has 1 saturated heterocycles. The minimum atomic E-state index is -0.284. The number of hydrogen-bond donors (Lipinski definition) is 1. The standard InChI is InChI=1S/C13H21N3O2/c1-2-16-10-11(14)9-12(16)13(17)18-8-7-15-5-3-4-6-15/h9-10H,2-8,14H2,1H3. The van der Waals surface area contributed by atoms with E-state index in [4.69, 9.17) is 10.5 Å². The molecule has 2 rings (SSSR count). The second kappa shape index (κ2) is 5.91. The van der Waals surface area contributed by atoms with Crippen molar-refractivity contribution < 1.29 is 9.53 Å². The molecule has 1 aliphatic heterocycles. The molecule has 0 saturated carbocycles. The number of rotatable bonds is 5. The van der Waals surface area contributed by atoms with Gasteiger partial charge in [-0.1, -0.05) is 0 Å². The fourth-order valence-corrected chi connectivity index (χ4v) is 2.31. The maximum absolute atomic E-state index is 11.9. The molecule has 5 heteroatoms. The van der Waals surface area contributed by atoms with E-state index < -0.39 is 0 Å². The monoisotopic (exact) mass is 251 g/mol. The van der Waals surface area contributed by atoms with E-state index in [1.54, 1.807) is 12.3 Å². The molecule has 18 heavy (non-hydrogen) atoms. The van der Waals surface area contributed by atoms with E-state index in [0.717, 1.165) is 19.6 Å². The number of anilines is 1. The van der Waals surface area contributed by atoms with Gasteiger partial charge in [-0.2, -0.15) is 0 Å². The number of carbonyl (C=O) groups excluding carboxylic acids is 1. The first kappa shape index (κ1) is 13.0. The first-order chi connectivity index (χ1) is 8.70. The number of hydrogen-bond acceptors (Lipinski definition) is 4. The van der Waals surface area contributed by atoms with E-state index in [2.05, 4.69) is 4.90 Å². The summed E-state index contributed by atoms with van der Waals surface area (Å²) in [5.74, 6) is -0.284. The van der Waals surface area contributed by atoms with Gasteiger partial charge in [-0.15, -0.1) is 0 Å². The highest BCUT2D eigenvalue weighted by Crippen LogP contribution is 2.12. The van der Waals surface area contributed by atoms with Crippen LogP contribution in [0.15, 0.2) is 12.3 Å². The van der Waals surface area contributed by atoms with Crippen molar-refractivity contribution in [2.75, 3.05) is 32.0 Å². The van der Waals surface area contributed by atoms with Gasteiger partial charge in [0.2, 0.25) is 0 Å². The summed E-state index contributed by atoms with van der Waals surface area (Å²) in [7, 11) is 0. The minimum Gasteiger partial charge on any atom is -0.460 e. The van der Waals surface area contributed by atoms with Crippen molar-refractivity contribution in [1.82, 2.24) is 9.47 Å². The van der Waals surface area contributed by atoms with Crippen molar-refractivity contribution >= 4 is 11.7 Å². The third-order valence-corrected chi connectivity index (χ3v) is 3.31. The summed E-state index contributed by atoms with van der Waals surface area (Å²) in [6, 6.07) is 1.67. The lowest BCUT2D eigenvalue weighted by molar-refractivity contribution is 0.0460. The maximum Gasteiger partial charge on any atom is 0.355 e. The molecule has 1 aromatic rings. The van der Waals surface area contributed by atoms with Gasteiger partial charge in [-0.3, -0.25) is 4.90 Å². The molecule has 0 unspecified atom stereocenters. The molecule has 1 fully saturated rings. The Bertz CT molecular complexity index is 408. The van der Waals surface area contributed by atoms with Crippen molar-refractivity contribution in [2.45, 2.75) is 26.3 Å². The lowest BCUT2D eigenvalue weighted by Crippen LogP contribution is -2.25. The zero-order chi connectivity index (χ0) is 13.0. The zero-order valence-electron chi connectivity index (χ0n) is 10.9. The fraction of sp³-hybridized carbons (Fsp3) is 0.615. The summed E-state index contributed by atoms with van der Waals surface area (Å²) in [5, 5.41) is 0. The van der Waals surface area contributed by atoms with Gasteiger partial charge in [0.05, 0.1) is 5.69 Å². The van der Waals surface area contributed by atoms with Crippen molar-refractivity contribution in [1.29, 1.82) is 0 Å². The number of ether oxygens (including phenoxy) is 1.